The van der Waals surface area contributed by atoms with Gasteiger partial charge in [0.15, 0.2) is 0 Å². The molecule has 4 heteroatoms. The molecule has 1 rings (SSSR count). The third-order valence-electron chi connectivity index (χ3n) is 3.74. The molecule has 0 aliphatic heterocycles. The molecule has 1 amide bonds. The summed E-state index contributed by atoms with van der Waals surface area (Å²) in [6, 6.07) is 8.41. The fourth-order valence-corrected chi connectivity index (χ4v) is 2.05. The molecule has 118 valence electrons. The van der Waals surface area contributed by atoms with Crippen LogP contribution in [0.4, 0.5) is 0 Å². The maximum atomic E-state index is 12.0. The van der Waals surface area contributed by atoms with E-state index in [2.05, 4.69) is 17.0 Å². The van der Waals surface area contributed by atoms with Gasteiger partial charge in [-0.2, -0.15) is 0 Å². The van der Waals surface area contributed by atoms with Gasteiger partial charge < -0.3 is 9.64 Å². The van der Waals surface area contributed by atoms with Gasteiger partial charge in [-0.3, -0.25) is 9.69 Å². The van der Waals surface area contributed by atoms with Crippen LogP contribution in [0.3, 0.4) is 0 Å². The van der Waals surface area contributed by atoms with Gasteiger partial charge in [-0.1, -0.05) is 12.1 Å². The molecule has 0 saturated heterocycles. The molecule has 0 radical (unpaired) electrons. The second-order valence-corrected chi connectivity index (χ2v) is 5.79. The largest absolute Gasteiger partial charge is 0.497 e. The molecule has 0 heterocycles. The molecule has 0 aliphatic carbocycles. The van der Waals surface area contributed by atoms with Crippen LogP contribution in [-0.4, -0.2) is 56.0 Å². The van der Waals surface area contributed by atoms with Crippen LogP contribution >= 0.6 is 0 Å². The van der Waals surface area contributed by atoms with Gasteiger partial charge in [0.25, 0.3) is 0 Å². The fourth-order valence-electron chi connectivity index (χ4n) is 2.05. The average molecular weight is 292 g/mol. The minimum Gasteiger partial charge on any atom is -0.497 e. The number of nitrogens with zero attached hydrogens (tertiary/aromatic N) is 2. The highest BCUT2D eigenvalue weighted by atomic mass is 16.5. The second-order valence-electron chi connectivity index (χ2n) is 5.79. The Hall–Kier alpha value is -1.55. The van der Waals surface area contributed by atoms with Crippen molar-refractivity contribution in [2.45, 2.75) is 32.7 Å². The zero-order chi connectivity index (χ0) is 15.8. The third kappa shape index (κ3) is 6.17. The molecule has 21 heavy (non-hydrogen) atoms. The van der Waals surface area contributed by atoms with Crippen molar-refractivity contribution in [2.75, 3.05) is 34.3 Å². The summed E-state index contributed by atoms with van der Waals surface area (Å²) in [6.07, 6.45) is 2.06. The summed E-state index contributed by atoms with van der Waals surface area (Å²) < 4.78 is 5.15. The van der Waals surface area contributed by atoms with Crippen molar-refractivity contribution in [1.29, 1.82) is 0 Å². The van der Waals surface area contributed by atoms with E-state index in [9.17, 15) is 4.79 Å². The summed E-state index contributed by atoms with van der Waals surface area (Å²) in [4.78, 5) is 15.8. The quantitative estimate of drug-likeness (QED) is 0.738. The normalized spacial score (nSPS) is 11.0. The SMILES string of the molecule is COc1ccc(CCCN(C)CC(=O)N(C)C(C)C)cc1. The fraction of sp³-hybridized carbons (Fsp3) is 0.588. The zero-order valence-electron chi connectivity index (χ0n) is 13.9. The molecule has 4 nitrogen and oxygen atoms in total. The van der Waals surface area contributed by atoms with E-state index in [1.54, 1.807) is 12.0 Å². The number of ether oxygens (including phenoxy) is 1. The summed E-state index contributed by atoms with van der Waals surface area (Å²) in [5.74, 6) is 1.06. The van der Waals surface area contributed by atoms with E-state index in [0.29, 0.717) is 6.54 Å². The van der Waals surface area contributed by atoms with Crippen LogP contribution in [0, 0.1) is 0 Å². The van der Waals surface area contributed by atoms with Crippen LogP contribution in [-0.2, 0) is 11.2 Å². The van der Waals surface area contributed by atoms with Crippen molar-refractivity contribution < 1.29 is 9.53 Å². The second kappa shape index (κ2) is 8.67. The number of carbonyl (C=O) groups is 1. The number of hydrogen-bond acceptors (Lipinski definition) is 3. The molecule has 0 N–H and O–H groups in total. The lowest BCUT2D eigenvalue weighted by molar-refractivity contribution is -0.132. The van der Waals surface area contributed by atoms with E-state index in [0.717, 1.165) is 25.1 Å². The molecule has 0 saturated carbocycles. The first-order chi connectivity index (χ1) is 9.93. The summed E-state index contributed by atoms with van der Waals surface area (Å²) in [5, 5.41) is 0. The Morgan fingerprint density at radius 1 is 1.19 bits per heavy atom. The lowest BCUT2D eigenvalue weighted by Crippen LogP contribution is -2.40. The molecule has 1 aromatic rings. The molecule has 1 aromatic carbocycles. The lowest BCUT2D eigenvalue weighted by Gasteiger charge is -2.24. The van der Waals surface area contributed by atoms with Crippen molar-refractivity contribution >= 4 is 5.91 Å². The topological polar surface area (TPSA) is 32.8 Å². The molecule has 0 aliphatic rings. The number of amides is 1. The van der Waals surface area contributed by atoms with E-state index in [4.69, 9.17) is 4.74 Å². The summed E-state index contributed by atoms with van der Waals surface area (Å²) >= 11 is 0. The Bertz CT molecular complexity index is 429. The molecule has 0 fully saturated rings. The van der Waals surface area contributed by atoms with Crippen LogP contribution < -0.4 is 4.74 Å². The molecular weight excluding hydrogens is 264 g/mol. The van der Waals surface area contributed by atoms with Gasteiger partial charge in [0.05, 0.1) is 13.7 Å². The van der Waals surface area contributed by atoms with Gasteiger partial charge in [-0.25, -0.2) is 0 Å². The Kier molecular flexibility index (Phi) is 7.23. The number of rotatable bonds is 8. The molecule has 0 spiro atoms. The number of methoxy groups -OCH3 is 1. The summed E-state index contributed by atoms with van der Waals surface area (Å²) in [5.41, 5.74) is 1.30. The van der Waals surface area contributed by atoms with Gasteiger partial charge >= 0.3 is 0 Å². The van der Waals surface area contributed by atoms with Crippen molar-refractivity contribution in [2.24, 2.45) is 0 Å². The zero-order valence-corrected chi connectivity index (χ0v) is 13.9. The number of likely N-dealkylation sites (N-methyl/N-ethyl adjacent to an activating group) is 2. The number of hydrogen-bond donors (Lipinski definition) is 0. The molecular formula is C17H28N2O2. The van der Waals surface area contributed by atoms with Crippen LogP contribution in [0.2, 0.25) is 0 Å². The molecule has 0 unspecified atom stereocenters. The van der Waals surface area contributed by atoms with Crippen molar-refractivity contribution in [3.05, 3.63) is 29.8 Å². The van der Waals surface area contributed by atoms with Crippen molar-refractivity contribution in [3.8, 4) is 5.75 Å². The first-order valence-electron chi connectivity index (χ1n) is 7.51. The Morgan fingerprint density at radius 2 is 1.81 bits per heavy atom. The minimum atomic E-state index is 0.178. The van der Waals surface area contributed by atoms with Gasteiger partial charge in [0.1, 0.15) is 5.75 Å². The van der Waals surface area contributed by atoms with E-state index in [1.807, 2.05) is 40.1 Å². The number of benzene rings is 1. The average Bonchev–Trinajstić information content (AvgIpc) is 2.46. The van der Waals surface area contributed by atoms with Crippen molar-refractivity contribution in [1.82, 2.24) is 9.80 Å². The molecule has 0 atom stereocenters. The summed E-state index contributed by atoms with van der Waals surface area (Å²) in [6.45, 7) is 5.46. The minimum absolute atomic E-state index is 0.178. The maximum absolute atomic E-state index is 12.0. The smallest absolute Gasteiger partial charge is 0.236 e. The van der Waals surface area contributed by atoms with Crippen LogP contribution in [0.1, 0.15) is 25.8 Å². The standard InChI is InChI=1S/C17H28N2O2/c1-14(2)19(4)17(20)13-18(3)12-6-7-15-8-10-16(21-5)11-9-15/h8-11,14H,6-7,12-13H2,1-5H3. The van der Waals surface area contributed by atoms with E-state index >= 15 is 0 Å². The van der Waals surface area contributed by atoms with Crippen molar-refractivity contribution in [3.63, 3.8) is 0 Å². The maximum Gasteiger partial charge on any atom is 0.236 e. The monoisotopic (exact) mass is 292 g/mol. The van der Waals surface area contributed by atoms with Gasteiger partial charge in [0, 0.05) is 13.1 Å². The predicted molar refractivity (Wildman–Crippen MR) is 86.7 cm³/mol. The van der Waals surface area contributed by atoms with Gasteiger partial charge in [0.2, 0.25) is 5.91 Å². The highest BCUT2D eigenvalue weighted by Gasteiger charge is 2.13. The Labute approximate surface area is 128 Å². The predicted octanol–water partition coefficient (Wildman–Crippen LogP) is 2.43. The van der Waals surface area contributed by atoms with E-state index in [1.165, 1.54) is 5.56 Å². The first kappa shape index (κ1) is 17.5. The highest BCUT2D eigenvalue weighted by molar-refractivity contribution is 5.78. The van der Waals surface area contributed by atoms with Crippen LogP contribution in [0.5, 0.6) is 5.75 Å². The highest BCUT2D eigenvalue weighted by Crippen LogP contribution is 2.12. The first-order valence-corrected chi connectivity index (χ1v) is 7.51. The van der Waals surface area contributed by atoms with E-state index in [-0.39, 0.29) is 11.9 Å². The number of aryl methyl sites for hydroxylation is 1. The molecule has 0 aromatic heterocycles. The van der Waals surface area contributed by atoms with Crippen LogP contribution in [0.15, 0.2) is 24.3 Å². The van der Waals surface area contributed by atoms with Crippen LogP contribution in [0.25, 0.3) is 0 Å². The Morgan fingerprint density at radius 3 is 2.33 bits per heavy atom. The third-order valence-corrected chi connectivity index (χ3v) is 3.74. The Balaban J connectivity index is 2.29. The summed E-state index contributed by atoms with van der Waals surface area (Å²) in [7, 11) is 5.54. The lowest BCUT2D eigenvalue weighted by atomic mass is 10.1. The molecule has 0 bridgehead atoms. The number of carbonyl (C=O) groups excluding carboxylic acids is 1. The van der Waals surface area contributed by atoms with Gasteiger partial charge in [-0.05, 0) is 58.0 Å². The van der Waals surface area contributed by atoms with Gasteiger partial charge in [-0.15, -0.1) is 0 Å². The van der Waals surface area contributed by atoms with E-state index < -0.39 is 0 Å².